The third-order valence-electron chi connectivity index (χ3n) is 2.89. The van der Waals surface area contributed by atoms with E-state index in [-0.39, 0.29) is 5.92 Å². The molecule has 2 aromatic rings. The SMILES string of the molecule is CC(CCCn1cnc2c(N)ncnc21)C(=O)O. The zero-order valence-electron chi connectivity index (χ0n) is 10.1. The zero-order valence-corrected chi connectivity index (χ0v) is 10.1. The van der Waals surface area contributed by atoms with Gasteiger partial charge in [0.05, 0.1) is 12.2 Å². The molecule has 3 N–H and O–H groups in total. The first kappa shape index (κ1) is 12.3. The Morgan fingerprint density at radius 3 is 3.00 bits per heavy atom. The van der Waals surface area contributed by atoms with E-state index in [1.807, 2.05) is 4.57 Å². The molecule has 0 spiro atoms. The molecular weight excluding hydrogens is 234 g/mol. The number of imidazole rings is 1. The van der Waals surface area contributed by atoms with Crippen LogP contribution in [0.15, 0.2) is 12.7 Å². The van der Waals surface area contributed by atoms with Gasteiger partial charge in [-0.2, -0.15) is 0 Å². The minimum atomic E-state index is -0.767. The predicted octanol–water partition coefficient (Wildman–Crippen LogP) is 0.909. The largest absolute Gasteiger partial charge is 0.481 e. The van der Waals surface area contributed by atoms with Crippen molar-refractivity contribution in [1.29, 1.82) is 0 Å². The number of anilines is 1. The molecule has 0 amide bonds. The van der Waals surface area contributed by atoms with Crippen molar-refractivity contribution in [3.63, 3.8) is 0 Å². The first-order valence-electron chi connectivity index (χ1n) is 5.73. The molecule has 0 aliphatic rings. The molecule has 0 saturated heterocycles. The fourth-order valence-electron chi connectivity index (χ4n) is 1.75. The number of carboxylic acids is 1. The highest BCUT2D eigenvalue weighted by molar-refractivity contribution is 5.81. The maximum atomic E-state index is 10.7. The summed E-state index contributed by atoms with van der Waals surface area (Å²) in [7, 11) is 0. The third-order valence-corrected chi connectivity index (χ3v) is 2.89. The number of aromatic nitrogens is 4. The van der Waals surface area contributed by atoms with Crippen molar-refractivity contribution in [2.24, 2.45) is 5.92 Å². The van der Waals surface area contributed by atoms with E-state index < -0.39 is 5.97 Å². The lowest BCUT2D eigenvalue weighted by atomic mass is 10.1. The van der Waals surface area contributed by atoms with Gasteiger partial charge in [-0.15, -0.1) is 0 Å². The maximum Gasteiger partial charge on any atom is 0.306 e. The number of rotatable bonds is 5. The number of nitrogens with two attached hydrogens (primary N) is 1. The summed E-state index contributed by atoms with van der Waals surface area (Å²) >= 11 is 0. The quantitative estimate of drug-likeness (QED) is 0.815. The van der Waals surface area contributed by atoms with Crippen LogP contribution in [0.5, 0.6) is 0 Å². The number of nitrogen functional groups attached to an aromatic ring is 1. The lowest BCUT2D eigenvalue weighted by Crippen LogP contribution is -2.10. The number of aryl methyl sites for hydroxylation is 1. The van der Waals surface area contributed by atoms with Crippen LogP contribution in [0.3, 0.4) is 0 Å². The number of hydrogen-bond donors (Lipinski definition) is 2. The van der Waals surface area contributed by atoms with E-state index >= 15 is 0 Å². The minimum Gasteiger partial charge on any atom is -0.481 e. The van der Waals surface area contributed by atoms with Crippen LogP contribution in [-0.2, 0) is 11.3 Å². The van der Waals surface area contributed by atoms with Crippen LogP contribution in [-0.4, -0.2) is 30.6 Å². The topological polar surface area (TPSA) is 107 Å². The fraction of sp³-hybridized carbons (Fsp3) is 0.455. The molecule has 0 fully saturated rings. The molecule has 2 rings (SSSR count). The van der Waals surface area contributed by atoms with E-state index in [0.29, 0.717) is 29.9 Å². The Morgan fingerprint density at radius 2 is 2.28 bits per heavy atom. The van der Waals surface area contributed by atoms with E-state index in [9.17, 15) is 4.79 Å². The molecule has 0 aliphatic carbocycles. The summed E-state index contributed by atoms with van der Waals surface area (Å²) in [6.07, 6.45) is 4.43. The van der Waals surface area contributed by atoms with Gasteiger partial charge in [0.15, 0.2) is 11.5 Å². The number of hydrogen-bond acceptors (Lipinski definition) is 5. The molecule has 0 bridgehead atoms. The number of fused-ring (bicyclic) bond motifs is 1. The molecule has 2 heterocycles. The average molecular weight is 249 g/mol. The van der Waals surface area contributed by atoms with Gasteiger partial charge in [-0.1, -0.05) is 6.92 Å². The maximum absolute atomic E-state index is 10.7. The summed E-state index contributed by atoms with van der Waals surface area (Å²) < 4.78 is 1.86. The monoisotopic (exact) mass is 249 g/mol. The molecule has 2 aromatic heterocycles. The van der Waals surface area contributed by atoms with Gasteiger partial charge in [0.25, 0.3) is 0 Å². The lowest BCUT2D eigenvalue weighted by molar-refractivity contribution is -0.141. The molecule has 18 heavy (non-hydrogen) atoms. The van der Waals surface area contributed by atoms with Crippen molar-refractivity contribution in [2.75, 3.05) is 5.73 Å². The van der Waals surface area contributed by atoms with Gasteiger partial charge < -0.3 is 15.4 Å². The number of aliphatic carboxylic acids is 1. The second kappa shape index (κ2) is 4.99. The van der Waals surface area contributed by atoms with Crippen LogP contribution in [0, 0.1) is 5.92 Å². The van der Waals surface area contributed by atoms with Crippen molar-refractivity contribution in [3.05, 3.63) is 12.7 Å². The molecular formula is C11H15N5O2. The summed E-state index contributed by atoms with van der Waals surface area (Å²) in [5.41, 5.74) is 6.95. The van der Waals surface area contributed by atoms with Crippen molar-refractivity contribution in [1.82, 2.24) is 19.5 Å². The van der Waals surface area contributed by atoms with E-state index in [1.165, 1.54) is 6.33 Å². The van der Waals surface area contributed by atoms with Crippen molar-refractivity contribution < 1.29 is 9.90 Å². The van der Waals surface area contributed by atoms with Gasteiger partial charge in [-0.3, -0.25) is 4.79 Å². The van der Waals surface area contributed by atoms with Crippen LogP contribution < -0.4 is 5.73 Å². The van der Waals surface area contributed by atoms with Crippen LogP contribution in [0.25, 0.3) is 11.2 Å². The summed E-state index contributed by atoms with van der Waals surface area (Å²) in [6, 6.07) is 0. The molecule has 1 atom stereocenters. The van der Waals surface area contributed by atoms with Crippen molar-refractivity contribution >= 4 is 23.0 Å². The second-order valence-electron chi connectivity index (χ2n) is 4.25. The number of nitrogens with zero attached hydrogens (tertiary/aromatic N) is 4. The second-order valence-corrected chi connectivity index (χ2v) is 4.25. The first-order valence-corrected chi connectivity index (χ1v) is 5.73. The number of carboxylic acid groups (broad SMARTS) is 1. The Bertz CT molecular complexity index is 566. The van der Waals surface area contributed by atoms with Crippen LogP contribution in [0.2, 0.25) is 0 Å². The molecule has 0 aliphatic heterocycles. The molecule has 7 nitrogen and oxygen atoms in total. The van der Waals surface area contributed by atoms with Gasteiger partial charge in [0, 0.05) is 6.54 Å². The summed E-state index contributed by atoms with van der Waals surface area (Å²) in [6.45, 7) is 2.37. The summed E-state index contributed by atoms with van der Waals surface area (Å²) in [5.74, 6) is -0.741. The molecule has 96 valence electrons. The van der Waals surface area contributed by atoms with Gasteiger partial charge >= 0.3 is 5.97 Å². The highest BCUT2D eigenvalue weighted by Crippen LogP contribution is 2.15. The Labute approximate surface area is 104 Å². The van der Waals surface area contributed by atoms with Crippen LogP contribution in [0.4, 0.5) is 5.82 Å². The normalized spacial score (nSPS) is 12.7. The standard InChI is InChI=1S/C11H15N5O2/c1-7(11(17)18)3-2-4-16-6-15-8-9(12)13-5-14-10(8)16/h5-7H,2-4H2,1H3,(H,17,18)(H2,12,13,14). The van der Waals surface area contributed by atoms with E-state index in [4.69, 9.17) is 10.8 Å². The van der Waals surface area contributed by atoms with Gasteiger partial charge in [-0.05, 0) is 12.8 Å². The van der Waals surface area contributed by atoms with Crippen LogP contribution in [0.1, 0.15) is 19.8 Å². The molecule has 0 saturated carbocycles. The van der Waals surface area contributed by atoms with E-state index in [2.05, 4.69) is 15.0 Å². The Morgan fingerprint density at radius 1 is 1.50 bits per heavy atom. The van der Waals surface area contributed by atoms with Gasteiger partial charge in [0.1, 0.15) is 11.8 Å². The highest BCUT2D eigenvalue weighted by Gasteiger charge is 2.11. The zero-order chi connectivity index (χ0) is 13.1. The van der Waals surface area contributed by atoms with E-state index in [0.717, 1.165) is 6.42 Å². The van der Waals surface area contributed by atoms with Gasteiger partial charge in [0.2, 0.25) is 0 Å². The highest BCUT2D eigenvalue weighted by atomic mass is 16.4. The number of carbonyl (C=O) groups is 1. The van der Waals surface area contributed by atoms with Crippen molar-refractivity contribution in [2.45, 2.75) is 26.3 Å². The molecule has 7 heteroatoms. The van der Waals surface area contributed by atoms with Crippen LogP contribution >= 0.6 is 0 Å². The summed E-state index contributed by atoms with van der Waals surface area (Å²) in [5, 5.41) is 8.79. The molecule has 0 aromatic carbocycles. The van der Waals surface area contributed by atoms with E-state index in [1.54, 1.807) is 13.3 Å². The smallest absolute Gasteiger partial charge is 0.306 e. The summed E-state index contributed by atoms with van der Waals surface area (Å²) in [4.78, 5) is 22.8. The van der Waals surface area contributed by atoms with Crippen molar-refractivity contribution in [3.8, 4) is 0 Å². The molecule has 0 radical (unpaired) electrons. The Kier molecular flexibility index (Phi) is 3.40. The first-order chi connectivity index (χ1) is 8.59. The van der Waals surface area contributed by atoms with Gasteiger partial charge in [-0.25, -0.2) is 15.0 Å². The third kappa shape index (κ3) is 2.39. The Balaban J connectivity index is 2.04. The fourth-order valence-corrected chi connectivity index (χ4v) is 1.75. The predicted molar refractivity (Wildman–Crippen MR) is 65.8 cm³/mol. The molecule has 1 unspecified atom stereocenters. The lowest BCUT2D eigenvalue weighted by Gasteiger charge is -2.06. The average Bonchev–Trinajstić information content (AvgIpc) is 2.74. The Hall–Kier alpha value is -2.18. The minimum absolute atomic E-state index is 0.334.